The molecule has 0 N–H and O–H groups in total. The van der Waals surface area contributed by atoms with Gasteiger partial charge in [0.15, 0.2) is 11.5 Å². The fourth-order valence-corrected chi connectivity index (χ4v) is 1.52. The summed E-state index contributed by atoms with van der Waals surface area (Å²) < 4.78 is 11.0. The van der Waals surface area contributed by atoms with Gasteiger partial charge in [-0.05, 0) is 44.4 Å². The predicted octanol–water partition coefficient (Wildman–Crippen LogP) is 3.58. The van der Waals surface area contributed by atoms with Crippen LogP contribution in [0.1, 0.15) is 32.8 Å². The summed E-state index contributed by atoms with van der Waals surface area (Å²) in [7, 11) is 1.64. The van der Waals surface area contributed by atoms with Crippen LogP contribution < -0.4 is 9.47 Å². The highest BCUT2D eigenvalue weighted by Crippen LogP contribution is 2.29. The summed E-state index contributed by atoms with van der Waals surface area (Å²) in [6, 6.07) is 8.22. The lowest BCUT2D eigenvalue weighted by Gasteiger charge is -2.16. The Morgan fingerprint density at radius 1 is 1.28 bits per heavy atom. The number of ether oxygens (including phenoxy) is 2. The molecule has 1 aromatic carbocycles. The second kappa shape index (κ2) is 6.30. The van der Waals surface area contributed by atoms with Gasteiger partial charge in [0.05, 0.1) is 25.2 Å². The largest absolute Gasteiger partial charge is 0.493 e. The van der Waals surface area contributed by atoms with Gasteiger partial charge in [-0.2, -0.15) is 5.26 Å². The highest BCUT2D eigenvalue weighted by molar-refractivity contribution is 5.42. The van der Waals surface area contributed by atoms with Gasteiger partial charge in [-0.25, -0.2) is 0 Å². The minimum atomic E-state index is -0.351. The van der Waals surface area contributed by atoms with E-state index in [2.05, 4.69) is 13.0 Å². The molecule has 0 aliphatic rings. The Kier molecular flexibility index (Phi) is 5.03. The van der Waals surface area contributed by atoms with E-state index >= 15 is 0 Å². The van der Waals surface area contributed by atoms with Crippen LogP contribution in [0.5, 0.6) is 11.5 Å². The number of methoxy groups -OCH3 is 1. The summed E-state index contributed by atoms with van der Waals surface area (Å²) in [5.74, 6) is 1.49. The average Bonchev–Trinajstić information content (AvgIpc) is 2.38. The quantitative estimate of drug-likeness (QED) is 0.771. The van der Waals surface area contributed by atoms with Crippen LogP contribution in [0, 0.1) is 16.7 Å². The number of aryl methyl sites for hydroxylation is 1. The van der Waals surface area contributed by atoms with Gasteiger partial charge in [0.1, 0.15) is 0 Å². The molecule has 0 radical (unpaired) electrons. The molecule has 0 aliphatic carbocycles. The van der Waals surface area contributed by atoms with E-state index in [9.17, 15) is 0 Å². The highest BCUT2D eigenvalue weighted by Gasteiger charge is 2.16. The van der Waals surface area contributed by atoms with Gasteiger partial charge >= 0.3 is 0 Å². The first-order chi connectivity index (χ1) is 8.52. The van der Waals surface area contributed by atoms with Crippen LogP contribution in [0.3, 0.4) is 0 Å². The second-order valence-electron chi connectivity index (χ2n) is 4.93. The molecular formula is C15H21NO2. The maximum atomic E-state index is 8.93. The third kappa shape index (κ3) is 3.96. The zero-order chi connectivity index (χ0) is 13.6. The van der Waals surface area contributed by atoms with Crippen LogP contribution in [0.15, 0.2) is 18.2 Å². The first kappa shape index (κ1) is 14.4. The van der Waals surface area contributed by atoms with Gasteiger partial charge in [-0.1, -0.05) is 13.0 Å². The second-order valence-corrected chi connectivity index (χ2v) is 4.93. The standard InChI is InChI=1S/C15H21NO2/c1-5-12-6-7-13(14(10-12)17-4)18-9-8-15(2,3)11-16/h6-7,10H,5,8-9H2,1-4H3. The van der Waals surface area contributed by atoms with Gasteiger partial charge in [0.25, 0.3) is 0 Å². The van der Waals surface area contributed by atoms with Crippen LogP contribution in [0.4, 0.5) is 0 Å². The summed E-state index contributed by atoms with van der Waals surface area (Å²) in [4.78, 5) is 0. The van der Waals surface area contributed by atoms with E-state index in [-0.39, 0.29) is 5.41 Å². The zero-order valence-corrected chi connectivity index (χ0v) is 11.6. The average molecular weight is 247 g/mol. The summed E-state index contributed by atoms with van der Waals surface area (Å²) in [6.07, 6.45) is 1.67. The number of benzene rings is 1. The van der Waals surface area contributed by atoms with Crippen molar-refractivity contribution >= 4 is 0 Å². The summed E-state index contributed by atoms with van der Waals surface area (Å²) >= 11 is 0. The van der Waals surface area contributed by atoms with Crippen molar-refractivity contribution in [1.29, 1.82) is 5.26 Å². The lowest BCUT2D eigenvalue weighted by atomic mass is 9.92. The lowest BCUT2D eigenvalue weighted by Crippen LogP contribution is -2.13. The molecule has 0 unspecified atom stereocenters. The van der Waals surface area contributed by atoms with Crippen LogP contribution in [-0.4, -0.2) is 13.7 Å². The molecule has 1 rings (SSSR count). The molecular weight excluding hydrogens is 226 g/mol. The van der Waals surface area contributed by atoms with Crippen molar-refractivity contribution in [1.82, 2.24) is 0 Å². The third-order valence-corrected chi connectivity index (χ3v) is 2.92. The van der Waals surface area contributed by atoms with E-state index in [1.54, 1.807) is 7.11 Å². The van der Waals surface area contributed by atoms with Crippen LogP contribution in [-0.2, 0) is 6.42 Å². The molecule has 0 saturated carbocycles. The number of rotatable bonds is 6. The van der Waals surface area contributed by atoms with Crippen molar-refractivity contribution in [2.75, 3.05) is 13.7 Å². The van der Waals surface area contributed by atoms with Crippen molar-refractivity contribution in [3.05, 3.63) is 23.8 Å². The van der Waals surface area contributed by atoms with Gasteiger partial charge < -0.3 is 9.47 Å². The minimum absolute atomic E-state index is 0.351. The smallest absolute Gasteiger partial charge is 0.161 e. The van der Waals surface area contributed by atoms with Gasteiger partial charge in [0.2, 0.25) is 0 Å². The highest BCUT2D eigenvalue weighted by atomic mass is 16.5. The molecule has 18 heavy (non-hydrogen) atoms. The van der Waals surface area contributed by atoms with Gasteiger partial charge in [-0.15, -0.1) is 0 Å². The van der Waals surface area contributed by atoms with Gasteiger partial charge in [0, 0.05) is 0 Å². The fourth-order valence-electron chi connectivity index (χ4n) is 1.52. The van der Waals surface area contributed by atoms with Crippen molar-refractivity contribution in [2.24, 2.45) is 5.41 Å². The van der Waals surface area contributed by atoms with E-state index in [1.165, 1.54) is 5.56 Å². The van der Waals surface area contributed by atoms with Crippen LogP contribution in [0.25, 0.3) is 0 Å². The molecule has 0 aromatic heterocycles. The van der Waals surface area contributed by atoms with Crippen LogP contribution >= 0.6 is 0 Å². The molecule has 0 aliphatic heterocycles. The molecule has 3 nitrogen and oxygen atoms in total. The van der Waals surface area contributed by atoms with E-state index < -0.39 is 0 Å². The Balaban J connectivity index is 2.65. The minimum Gasteiger partial charge on any atom is -0.493 e. The summed E-state index contributed by atoms with van der Waals surface area (Å²) in [5.41, 5.74) is 0.868. The molecule has 0 amide bonds. The molecule has 0 spiro atoms. The predicted molar refractivity (Wildman–Crippen MR) is 71.9 cm³/mol. The maximum Gasteiger partial charge on any atom is 0.161 e. The van der Waals surface area contributed by atoms with Crippen molar-refractivity contribution in [3.8, 4) is 17.6 Å². The Labute approximate surface area is 109 Å². The molecule has 0 fully saturated rings. The molecule has 0 heterocycles. The van der Waals surface area contributed by atoms with E-state index in [0.717, 1.165) is 17.9 Å². The SMILES string of the molecule is CCc1ccc(OCCC(C)(C)C#N)c(OC)c1. The topological polar surface area (TPSA) is 42.2 Å². The normalized spacial score (nSPS) is 10.8. The van der Waals surface area contributed by atoms with Crippen molar-refractivity contribution < 1.29 is 9.47 Å². The summed E-state index contributed by atoms with van der Waals surface area (Å²) in [6.45, 7) is 6.44. The monoisotopic (exact) mass is 247 g/mol. The Morgan fingerprint density at radius 2 is 2.00 bits per heavy atom. The molecule has 0 atom stereocenters. The number of nitriles is 1. The Hall–Kier alpha value is -1.69. The van der Waals surface area contributed by atoms with Crippen LogP contribution in [0.2, 0.25) is 0 Å². The molecule has 1 aromatic rings. The van der Waals surface area contributed by atoms with Crippen molar-refractivity contribution in [2.45, 2.75) is 33.6 Å². The Bertz CT molecular complexity index is 433. The molecule has 0 bridgehead atoms. The third-order valence-electron chi connectivity index (χ3n) is 2.92. The molecule has 0 saturated heterocycles. The summed E-state index contributed by atoms with van der Waals surface area (Å²) in [5, 5.41) is 8.93. The van der Waals surface area contributed by atoms with E-state index in [1.807, 2.05) is 32.0 Å². The molecule has 98 valence electrons. The number of nitrogens with zero attached hydrogens (tertiary/aromatic N) is 1. The van der Waals surface area contributed by atoms with E-state index in [0.29, 0.717) is 13.0 Å². The number of hydrogen-bond acceptors (Lipinski definition) is 3. The Morgan fingerprint density at radius 3 is 2.56 bits per heavy atom. The first-order valence-corrected chi connectivity index (χ1v) is 6.23. The maximum absolute atomic E-state index is 8.93. The lowest BCUT2D eigenvalue weighted by molar-refractivity contribution is 0.252. The fraction of sp³-hybridized carbons (Fsp3) is 0.533. The first-order valence-electron chi connectivity index (χ1n) is 6.23. The number of hydrogen-bond donors (Lipinski definition) is 0. The van der Waals surface area contributed by atoms with Crippen molar-refractivity contribution in [3.63, 3.8) is 0 Å². The van der Waals surface area contributed by atoms with E-state index in [4.69, 9.17) is 14.7 Å². The molecule has 3 heteroatoms. The van der Waals surface area contributed by atoms with Gasteiger partial charge in [-0.3, -0.25) is 0 Å². The zero-order valence-electron chi connectivity index (χ0n) is 11.6.